The Balaban J connectivity index is 1.88. The second kappa shape index (κ2) is 8.07. The highest BCUT2D eigenvalue weighted by molar-refractivity contribution is 7.88. The Morgan fingerprint density at radius 1 is 1.48 bits per heavy atom. The maximum Gasteiger partial charge on any atom is 0.211 e. The van der Waals surface area contributed by atoms with Gasteiger partial charge in [0.15, 0.2) is 0 Å². The minimum Gasteiger partial charge on any atom is -0.387 e. The fourth-order valence-corrected chi connectivity index (χ4v) is 4.33. The summed E-state index contributed by atoms with van der Waals surface area (Å²) in [7, 11) is -3.15. The van der Waals surface area contributed by atoms with Crippen LogP contribution in [0.4, 0.5) is 4.39 Å². The van der Waals surface area contributed by atoms with Crippen molar-refractivity contribution in [1.82, 2.24) is 14.6 Å². The monoisotopic (exact) mass is 373 g/mol. The number of hydrogen-bond acceptors (Lipinski definition) is 5. The number of aromatic nitrogens is 1. The van der Waals surface area contributed by atoms with Crippen molar-refractivity contribution in [3.63, 3.8) is 0 Å². The van der Waals surface area contributed by atoms with E-state index in [0.717, 1.165) is 25.5 Å². The molecule has 1 aliphatic heterocycles. The molecule has 2 heterocycles. The summed E-state index contributed by atoms with van der Waals surface area (Å²) in [4.78, 5) is 3.75. The van der Waals surface area contributed by atoms with Crippen LogP contribution in [-0.2, 0) is 10.0 Å². The summed E-state index contributed by atoms with van der Waals surface area (Å²) in [6.45, 7) is 5.47. The average Bonchev–Trinajstić information content (AvgIpc) is 2.52. The van der Waals surface area contributed by atoms with Crippen molar-refractivity contribution in [3.8, 4) is 0 Å². The fourth-order valence-electron chi connectivity index (χ4n) is 3.39. The van der Waals surface area contributed by atoms with Gasteiger partial charge in [-0.05, 0) is 45.1 Å². The molecule has 0 amide bonds. The first kappa shape index (κ1) is 20.2. The second-order valence-corrected chi connectivity index (χ2v) is 9.53. The molecule has 2 rings (SSSR count). The van der Waals surface area contributed by atoms with E-state index in [1.165, 1.54) is 18.5 Å². The molecule has 1 aromatic heterocycles. The fraction of sp³-hybridized carbons (Fsp3) is 0.706. The van der Waals surface area contributed by atoms with Gasteiger partial charge in [-0.15, -0.1) is 0 Å². The van der Waals surface area contributed by atoms with Crippen LogP contribution in [0, 0.1) is 11.7 Å². The molecular formula is C17H28FN3O3S. The van der Waals surface area contributed by atoms with Gasteiger partial charge in [0, 0.05) is 36.9 Å². The number of nitrogens with zero attached hydrogens (tertiary/aromatic N) is 2. The van der Waals surface area contributed by atoms with Gasteiger partial charge in [-0.3, -0.25) is 4.98 Å². The number of aliphatic hydroxyl groups excluding tert-OH is 1. The molecule has 0 unspecified atom stereocenters. The molecule has 142 valence electrons. The topological polar surface area (TPSA) is 82.5 Å². The summed E-state index contributed by atoms with van der Waals surface area (Å²) in [5.41, 5.74) is 0.164. The van der Waals surface area contributed by atoms with E-state index >= 15 is 0 Å². The maximum absolute atomic E-state index is 13.2. The smallest absolute Gasteiger partial charge is 0.211 e. The number of piperidine rings is 1. The zero-order valence-corrected chi connectivity index (χ0v) is 15.9. The molecule has 0 aliphatic carbocycles. The third-order valence-corrected chi connectivity index (χ3v) is 5.90. The molecule has 1 aliphatic rings. The van der Waals surface area contributed by atoms with E-state index < -0.39 is 21.9 Å². The van der Waals surface area contributed by atoms with E-state index in [-0.39, 0.29) is 18.0 Å². The van der Waals surface area contributed by atoms with E-state index in [9.17, 15) is 17.9 Å². The number of β-amino-alcohol motifs (C(OH)–C–C–N with tert-alkyl or cyclic N) is 1. The van der Waals surface area contributed by atoms with Crippen LogP contribution in [0.15, 0.2) is 18.5 Å². The van der Waals surface area contributed by atoms with Crippen LogP contribution in [0.3, 0.4) is 0 Å². The van der Waals surface area contributed by atoms with Crippen molar-refractivity contribution in [3.05, 3.63) is 29.8 Å². The van der Waals surface area contributed by atoms with Crippen LogP contribution in [0.5, 0.6) is 0 Å². The summed E-state index contributed by atoms with van der Waals surface area (Å²) < 4.78 is 38.2. The van der Waals surface area contributed by atoms with E-state index in [2.05, 4.69) is 10.3 Å². The van der Waals surface area contributed by atoms with Crippen LogP contribution in [0.2, 0.25) is 0 Å². The third-order valence-electron chi connectivity index (χ3n) is 4.63. The molecule has 6 nitrogen and oxygen atoms in total. The summed E-state index contributed by atoms with van der Waals surface area (Å²) in [5, 5.41) is 13.5. The van der Waals surface area contributed by atoms with Crippen molar-refractivity contribution in [2.75, 3.05) is 25.9 Å². The minimum absolute atomic E-state index is 0.271. The Kier molecular flexibility index (Phi) is 6.53. The Bertz CT molecular complexity index is 681. The van der Waals surface area contributed by atoms with Crippen LogP contribution < -0.4 is 5.32 Å². The molecule has 0 bridgehead atoms. The van der Waals surface area contributed by atoms with Crippen molar-refractivity contribution < 1.29 is 17.9 Å². The molecule has 1 saturated heterocycles. The molecule has 25 heavy (non-hydrogen) atoms. The Hall–Kier alpha value is -1.09. The lowest BCUT2D eigenvalue weighted by atomic mass is 9.86. The molecular weight excluding hydrogens is 345 g/mol. The zero-order chi connectivity index (χ0) is 18.7. The first-order chi connectivity index (χ1) is 11.6. The van der Waals surface area contributed by atoms with Crippen LogP contribution in [0.1, 0.15) is 44.8 Å². The highest BCUT2D eigenvalue weighted by Crippen LogP contribution is 2.27. The van der Waals surface area contributed by atoms with Crippen molar-refractivity contribution in [1.29, 1.82) is 0 Å². The molecule has 0 aromatic carbocycles. The highest BCUT2D eigenvalue weighted by atomic mass is 32.2. The first-order valence-corrected chi connectivity index (χ1v) is 10.4. The molecule has 2 N–H and O–H groups in total. The van der Waals surface area contributed by atoms with Crippen LogP contribution >= 0.6 is 0 Å². The van der Waals surface area contributed by atoms with Gasteiger partial charge in [-0.2, -0.15) is 0 Å². The predicted octanol–water partition coefficient (Wildman–Crippen LogP) is 1.68. The average molecular weight is 373 g/mol. The van der Waals surface area contributed by atoms with Gasteiger partial charge >= 0.3 is 0 Å². The lowest BCUT2D eigenvalue weighted by Gasteiger charge is -2.36. The van der Waals surface area contributed by atoms with Crippen molar-refractivity contribution >= 4 is 10.0 Å². The van der Waals surface area contributed by atoms with Gasteiger partial charge < -0.3 is 10.4 Å². The highest BCUT2D eigenvalue weighted by Gasteiger charge is 2.30. The van der Waals surface area contributed by atoms with E-state index in [1.54, 1.807) is 4.31 Å². The number of hydrogen-bond donors (Lipinski definition) is 2. The number of nitrogens with one attached hydrogen (secondary N) is 1. The maximum atomic E-state index is 13.2. The SMILES string of the molecule is CC(C)(C[C@H]1CCCN(S(C)(=O)=O)C1)NC[C@H](O)c1cncc(F)c1. The normalized spacial score (nSPS) is 21.2. The molecule has 1 fully saturated rings. The Morgan fingerprint density at radius 3 is 2.84 bits per heavy atom. The number of halogens is 1. The summed E-state index contributed by atoms with van der Waals surface area (Å²) >= 11 is 0. The van der Waals surface area contributed by atoms with Gasteiger partial charge in [0.2, 0.25) is 10.0 Å². The lowest BCUT2D eigenvalue weighted by Crippen LogP contribution is -2.46. The molecule has 0 saturated carbocycles. The largest absolute Gasteiger partial charge is 0.387 e. The lowest BCUT2D eigenvalue weighted by molar-refractivity contribution is 0.147. The quantitative estimate of drug-likeness (QED) is 0.760. The Labute approximate surface area is 149 Å². The third kappa shape index (κ3) is 6.29. The van der Waals surface area contributed by atoms with Crippen molar-refractivity contribution in [2.24, 2.45) is 5.92 Å². The second-order valence-electron chi connectivity index (χ2n) is 7.55. The number of rotatable bonds is 7. The van der Waals surface area contributed by atoms with Gasteiger partial charge in [-0.1, -0.05) is 0 Å². The van der Waals surface area contributed by atoms with Crippen molar-refractivity contribution in [2.45, 2.75) is 44.8 Å². The van der Waals surface area contributed by atoms with Gasteiger partial charge in [0.25, 0.3) is 0 Å². The first-order valence-electron chi connectivity index (χ1n) is 8.55. The molecule has 8 heteroatoms. The summed E-state index contributed by atoms with van der Waals surface area (Å²) in [6, 6.07) is 1.28. The number of pyridine rings is 1. The molecule has 0 spiro atoms. The zero-order valence-electron chi connectivity index (χ0n) is 15.1. The van der Waals surface area contributed by atoms with Gasteiger partial charge in [0.05, 0.1) is 18.6 Å². The van der Waals surface area contributed by atoms with Gasteiger partial charge in [-0.25, -0.2) is 17.1 Å². The molecule has 2 atom stereocenters. The Morgan fingerprint density at radius 2 is 2.20 bits per heavy atom. The van der Waals surface area contributed by atoms with E-state index in [1.807, 2.05) is 13.8 Å². The summed E-state index contributed by atoms with van der Waals surface area (Å²) in [5.74, 6) is -0.196. The van der Waals surface area contributed by atoms with Crippen LogP contribution in [0.25, 0.3) is 0 Å². The van der Waals surface area contributed by atoms with E-state index in [4.69, 9.17) is 0 Å². The number of aliphatic hydroxyl groups is 1. The molecule has 1 aromatic rings. The predicted molar refractivity (Wildman–Crippen MR) is 95.0 cm³/mol. The van der Waals surface area contributed by atoms with E-state index in [0.29, 0.717) is 18.7 Å². The van der Waals surface area contributed by atoms with Gasteiger partial charge in [0.1, 0.15) is 5.82 Å². The van der Waals surface area contributed by atoms with Crippen LogP contribution in [-0.4, -0.2) is 54.2 Å². The summed E-state index contributed by atoms with van der Waals surface area (Å²) in [6.07, 6.45) is 5.62. The minimum atomic E-state index is -3.15. The standard InChI is InChI=1S/C17H28FN3O3S/c1-17(2,8-13-5-4-6-21(12-13)25(3,23)24)20-11-16(22)14-7-15(18)10-19-9-14/h7,9-10,13,16,20,22H,4-6,8,11-12H2,1-3H3/t13-,16+/m1/s1. The number of sulfonamides is 1. The molecule has 0 radical (unpaired) electrons.